The molecular weight excluding hydrogens is 238 g/mol. The van der Waals surface area contributed by atoms with Crippen LogP contribution in [0, 0.1) is 13.8 Å². The maximum absolute atomic E-state index is 5.34. The maximum Gasteiger partial charge on any atom is 0.196 e. The van der Waals surface area contributed by atoms with Gasteiger partial charge in [0.2, 0.25) is 0 Å². The Labute approximate surface area is 114 Å². The molecule has 2 aromatic heterocycles. The topological polar surface area (TPSA) is 51.0 Å². The Kier molecular flexibility index (Phi) is 3.71. The fraction of sp³-hybridized carbons (Fsp3) is 0.467. The highest BCUT2D eigenvalue weighted by molar-refractivity contribution is 5.47. The summed E-state index contributed by atoms with van der Waals surface area (Å²) in [5, 5.41) is 3.47. The van der Waals surface area contributed by atoms with Crippen LogP contribution in [0.15, 0.2) is 22.8 Å². The largest absolute Gasteiger partial charge is 0.461 e. The number of rotatable bonds is 3. The van der Waals surface area contributed by atoms with Crippen molar-refractivity contribution in [2.24, 2.45) is 0 Å². The van der Waals surface area contributed by atoms with Gasteiger partial charge in [-0.25, -0.2) is 9.97 Å². The first-order valence-electron chi connectivity index (χ1n) is 6.50. The number of hydrogen-bond acceptors (Lipinski definition) is 4. The van der Waals surface area contributed by atoms with Crippen LogP contribution in [0.1, 0.15) is 37.7 Å². The van der Waals surface area contributed by atoms with Crippen LogP contribution in [-0.2, 0) is 6.54 Å². The van der Waals surface area contributed by atoms with E-state index in [2.05, 4.69) is 36.1 Å². The fourth-order valence-corrected chi connectivity index (χ4v) is 1.86. The SMILES string of the molecule is Cc1nc(-c2ccco2)nc(C)c1CNC(C)(C)C. The third-order valence-corrected chi connectivity index (χ3v) is 2.96. The van der Waals surface area contributed by atoms with Crippen LogP contribution < -0.4 is 5.32 Å². The van der Waals surface area contributed by atoms with Gasteiger partial charge in [0.25, 0.3) is 0 Å². The van der Waals surface area contributed by atoms with Crippen molar-refractivity contribution >= 4 is 0 Å². The first kappa shape index (κ1) is 13.7. The Morgan fingerprint density at radius 3 is 2.26 bits per heavy atom. The molecule has 0 aromatic carbocycles. The highest BCUT2D eigenvalue weighted by atomic mass is 16.3. The molecule has 4 nitrogen and oxygen atoms in total. The highest BCUT2D eigenvalue weighted by Gasteiger charge is 2.14. The van der Waals surface area contributed by atoms with Crippen LogP contribution in [0.4, 0.5) is 0 Å². The molecule has 0 spiro atoms. The molecule has 4 heteroatoms. The number of nitrogens with zero attached hydrogens (tertiary/aromatic N) is 2. The van der Waals surface area contributed by atoms with Gasteiger partial charge >= 0.3 is 0 Å². The van der Waals surface area contributed by atoms with Crippen molar-refractivity contribution in [2.75, 3.05) is 0 Å². The predicted molar refractivity (Wildman–Crippen MR) is 75.8 cm³/mol. The molecule has 0 atom stereocenters. The Morgan fingerprint density at radius 1 is 1.16 bits per heavy atom. The van der Waals surface area contributed by atoms with Crippen molar-refractivity contribution in [2.45, 2.75) is 46.7 Å². The minimum atomic E-state index is 0.0819. The summed E-state index contributed by atoms with van der Waals surface area (Å²) in [6, 6.07) is 3.72. The molecule has 0 saturated carbocycles. The van der Waals surface area contributed by atoms with E-state index in [0.29, 0.717) is 11.6 Å². The molecule has 2 aromatic rings. The summed E-state index contributed by atoms with van der Waals surface area (Å²) in [4.78, 5) is 9.06. The second kappa shape index (κ2) is 5.13. The third-order valence-electron chi connectivity index (χ3n) is 2.96. The van der Waals surface area contributed by atoms with Gasteiger partial charge in [0.05, 0.1) is 6.26 Å². The monoisotopic (exact) mass is 259 g/mol. The second-order valence-electron chi connectivity index (χ2n) is 5.78. The molecule has 0 fully saturated rings. The minimum absolute atomic E-state index is 0.0819. The van der Waals surface area contributed by atoms with E-state index < -0.39 is 0 Å². The van der Waals surface area contributed by atoms with Gasteiger partial charge in [0.15, 0.2) is 11.6 Å². The predicted octanol–water partition coefficient (Wildman–Crippen LogP) is 3.24. The van der Waals surface area contributed by atoms with Crippen LogP contribution in [0.3, 0.4) is 0 Å². The molecule has 2 heterocycles. The van der Waals surface area contributed by atoms with Crippen LogP contribution in [0.25, 0.3) is 11.6 Å². The zero-order valence-electron chi connectivity index (χ0n) is 12.2. The lowest BCUT2D eigenvalue weighted by atomic mass is 10.1. The third kappa shape index (κ3) is 3.41. The summed E-state index contributed by atoms with van der Waals surface area (Å²) in [5.41, 5.74) is 3.23. The van der Waals surface area contributed by atoms with Crippen LogP contribution >= 0.6 is 0 Å². The van der Waals surface area contributed by atoms with Gasteiger partial charge in [0, 0.05) is 29.0 Å². The first-order chi connectivity index (χ1) is 8.87. The van der Waals surface area contributed by atoms with E-state index in [1.54, 1.807) is 6.26 Å². The molecule has 0 bridgehead atoms. The molecule has 0 aliphatic carbocycles. The Hall–Kier alpha value is -1.68. The summed E-state index contributed by atoms with van der Waals surface area (Å²) in [6.07, 6.45) is 1.64. The van der Waals surface area contributed by atoms with E-state index in [1.807, 2.05) is 26.0 Å². The average molecular weight is 259 g/mol. The quantitative estimate of drug-likeness (QED) is 0.919. The van der Waals surface area contributed by atoms with Crippen molar-refractivity contribution in [1.82, 2.24) is 15.3 Å². The van der Waals surface area contributed by atoms with Crippen LogP contribution in [0.5, 0.6) is 0 Å². The molecule has 1 N–H and O–H groups in total. The van der Waals surface area contributed by atoms with Gasteiger partial charge in [0.1, 0.15) is 0 Å². The lowest BCUT2D eigenvalue weighted by Crippen LogP contribution is -2.35. The van der Waals surface area contributed by atoms with Crippen molar-refractivity contribution < 1.29 is 4.42 Å². The van der Waals surface area contributed by atoms with E-state index in [1.165, 1.54) is 0 Å². The van der Waals surface area contributed by atoms with Crippen molar-refractivity contribution in [3.8, 4) is 11.6 Å². The van der Waals surface area contributed by atoms with Gasteiger partial charge in [-0.15, -0.1) is 0 Å². The smallest absolute Gasteiger partial charge is 0.196 e. The standard InChI is InChI=1S/C15H21N3O/c1-10-12(9-16-15(3,4)5)11(2)18-14(17-10)13-7-6-8-19-13/h6-8,16H,9H2,1-5H3. The zero-order valence-corrected chi connectivity index (χ0v) is 12.2. The lowest BCUT2D eigenvalue weighted by molar-refractivity contribution is 0.422. The van der Waals surface area contributed by atoms with Crippen LogP contribution in [-0.4, -0.2) is 15.5 Å². The first-order valence-corrected chi connectivity index (χ1v) is 6.50. The van der Waals surface area contributed by atoms with E-state index in [0.717, 1.165) is 23.5 Å². The Bertz CT molecular complexity index is 530. The van der Waals surface area contributed by atoms with Gasteiger partial charge in [-0.2, -0.15) is 0 Å². The summed E-state index contributed by atoms with van der Waals surface area (Å²) < 4.78 is 5.34. The number of furan rings is 1. The van der Waals surface area contributed by atoms with Crippen molar-refractivity contribution in [3.63, 3.8) is 0 Å². The molecule has 0 unspecified atom stereocenters. The van der Waals surface area contributed by atoms with Crippen molar-refractivity contribution in [3.05, 3.63) is 35.3 Å². The lowest BCUT2D eigenvalue weighted by Gasteiger charge is -2.21. The van der Waals surface area contributed by atoms with Crippen molar-refractivity contribution in [1.29, 1.82) is 0 Å². The zero-order chi connectivity index (χ0) is 14.0. The maximum atomic E-state index is 5.34. The minimum Gasteiger partial charge on any atom is -0.461 e. The molecule has 0 aliphatic heterocycles. The van der Waals surface area contributed by atoms with Gasteiger partial charge in [-0.3, -0.25) is 0 Å². The highest BCUT2D eigenvalue weighted by Crippen LogP contribution is 2.19. The number of aromatic nitrogens is 2. The molecule has 19 heavy (non-hydrogen) atoms. The van der Waals surface area contributed by atoms with E-state index >= 15 is 0 Å². The molecule has 2 rings (SSSR count). The van der Waals surface area contributed by atoms with Gasteiger partial charge in [-0.1, -0.05) is 0 Å². The van der Waals surface area contributed by atoms with Gasteiger partial charge < -0.3 is 9.73 Å². The summed E-state index contributed by atoms with van der Waals surface area (Å²) in [7, 11) is 0. The Balaban J connectivity index is 2.28. The molecule has 0 aliphatic rings. The van der Waals surface area contributed by atoms with E-state index in [9.17, 15) is 0 Å². The molecule has 0 saturated heterocycles. The normalized spacial score (nSPS) is 11.8. The average Bonchev–Trinajstić information content (AvgIpc) is 2.79. The molecule has 0 radical (unpaired) electrons. The van der Waals surface area contributed by atoms with Crippen LogP contribution in [0.2, 0.25) is 0 Å². The molecule has 0 amide bonds. The second-order valence-corrected chi connectivity index (χ2v) is 5.78. The van der Waals surface area contributed by atoms with E-state index in [4.69, 9.17) is 4.42 Å². The number of hydrogen-bond donors (Lipinski definition) is 1. The summed E-state index contributed by atoms with van der Waals surface area (Å²) in [6.45, 7) is 11.3. The number of aryl methyl sites for hydroxylation is 2. The summed E-state index contributed by atoms with van der Waals surface area (Å²) >= 11 is 0. The van der Waals surface area contributed by atoms with E-state index in [-0.39, 0.29) is 5.54 Å². The summed E-state index contributed by atoms with van der Waals surface area (Å²) in [5.74, 6) is 1.36. The molecule has 102 valence electrons. The molecular formula is C15H21N3O. The van der Waals surface area contributed by atoms with Gasteiger partial charge in [-0.05, 0) is 46.8 Å². The Morgan fingerprint density at radius 2 is 1.79 bits per heavy atom. The fourth-order valence-electron chi connectivity index (χ4n) is 1.86. The number of nitrogens with one attached hydrogen (secondary N) is 1.